The Hall–Kier alpha value is -2.38. The fourth-order valence-corrected chi connectivity index (χ4v) is 3.60. The summed E-state index contributed by atoms with van der Waals surface area (Å²) in [5, 5.41) is 1.41. The van der Waals surface area contributed by atoms with Crippen LogP contribution in [0.1, 0.15) is 24.8 Å². The van der Waals surface area contributed by atoms with Crippen molar-refractivity contribution in [3.63, 3.8) is 0 Å². The Balaban J connectivity index is 1.35. The van der Waals surface area contributed by atoms with Crippen molar-refractivity contribution >= 4 is 17.5 Å². The number of benzene rings is 1. The Morgan fingerprint density at radius 1 is 1.12 bits per heavy atom. The van der Waals surface area contributed by atoms with E-state index in [4.69, 9.17) is 9.47 Å². The highest BCUT2D eigenvalue weighted by Gasteiger charge is 2.41. The number of amides is 2. The molecule has 0 aromatic heterocycles. The maximum absolute atomic E-state index is 12.6. The van der Waals surface area contributed by atoms with Gasteiger partial charge in [-0.1, -0.05) is 30.3 Å². The highest BCUT2D eigenvalue weighted by molar-refractivity contribution is 5.88. The molecular formula is C19H23N3O4. The molecule has 0 atom stereocenters. The van der Waals surface area contributed by atoms with Crippen molar-refractivity contribution in [2.75, 3.05) is 32.8 Å². The number of nitrogens with zero attached hydrogens (tertiary/aromatic N) is 2. The maximum Gasteiger partial charge on any atom is 0.245 e. The van der Waals surface area contributed by atoms with Gasteiger partial charge < -0.3 is 14.4 Å². The minimum Gasteiger partial charge on any atom is -0.347 e. The molecule has 138 valence electrons. The third-order valence-electron chi connectivity index (χ3n) is 5.11. The number of likely N-dealkylation sites (tertiary alicyclic amines) is 1. The summed E-state index contributed by atoms with van der Waals surface area (Å²) in [5.41, 5.74) is 4.93. The third-order valence-corrected chi connectivity index (χ3v) is 5.11. The van der Waals surface area contributed by atoms with E-state index in [1.807, 2.05) is 36.4 Å². The van der Waals surface area contributed by atoms with Gasteiger partial charge in [-0.05, 0) is 11.6 Å². The summed E-state index contributed by atoms with van der Waals surface area (Å²) in [5.74, 6) is -0.666. The van der Waals surface area contributed by atoms with Crippen molar-refractivity contribution < 1.29 is 19.1 Å². The molecule has 4 rings (SSSR count). The SMILES string of the molecule is O=C(CN1NC(c2ccccc2)=CCC1=O)N1CCC2(CC1)OCCO2. The first-order chi connectivity index (χ1) is 12.7. The van der Waals surface area contributed by atoms with Crippen molar-refractivity contribution in [3.8, 4) is 0 Å². The first-order valence-corrected chi connectivity index (χ1v) is 9.04. The minimum absolute atomic E-state index is 0.0255. The van der Waals surface area contributed by atoms with E-state index in [0.29, 0.717) is 39.1 Å². The molecule has 2 saturated heterocycles. The molecule has 2 fully saturated rings. The maximum atomic E-state index is 12.6. The largest absolute Gasteiger partial charge is 0.347 e. The van der Waals surface area contributed by atoms with Crippen LogP contribution >= 0.6 is 0 Å². The molecule has 0 saturated carbocycles. The van der Waals surface area contributed by atoms with Crippen LogP contribution in [-0.2, 0) is 19.1 Å². The fourth-order valence-electron chi connectivity index (χ4n) is 3.60. The summed E-state index contributed by atoms with van der Waals surface area (Å²) >= 11 is 0. The second kappa shape index (κ2) is 7.09. The van der Waals surface area contributed by atoms with Crippen LogP contribution in [0.4, 0.5) is 0 Å². The van der Waals surface area contributed by atoms with E-state index in [-0.39, 0.29) is 24.8 Å². The lowest BCUT2D eigenvalue weighted by atomic mass is 10.0. The predicted molar refractivity (Wildman–Crippen MR) is 94.3 cm³/mol. The lowest BCUT2D eigenvalue weighted by molar-refractivity contribution is -0.188. The molecule has 7 heteroatoms. The number of ether oxygens (including phenoxy) is 2. The van der Waals surface area contributed by atoms with E-state index >= 15 is 0 Å². The van der Waals surface area contributed by atoms with E-state index in [2.05, 4.69) is 5.43 Å². The minimum atomic E-state index is -0.501. The molecule has 7 nitrogen and oxygen atoms in total. The van der Waals surface area contributed by atoms with Crippen LogP contribution in [0.5, 0.6) is 0 Å². The monoisotopic (exact) mass is 357 g/mol. The molecule has 0 radical (unpaired) electrons. The van der Waals surface area contributed by atoms with Crippen molar-refractivity contribution in [2.24, 2.45) is 0 Å². The average molecular weight is 357 g/mol. The van der Waals surface area contributed by atoms with Gasteiger partial charge in [-0.3, -0.25) is 15.0 Å². The first kappa shape index (κ1) is 17.1. The van der Waals surface area contributed by atoms with E-state index in [1.54, 1.807) is 4.90 Å². The number of piperidine rings is 1. The molecule has 26 heavy (non-hydrogen) atoms. The van der Waals surface area contributed by atoms with Gasteiger partial charge in [0.25, 0.3) is 0 Å². The Morgan fingerprint density at radius 2 is 1.81 bits per heavy atom. The molecule has 1 aromatic rings. The number of nitrogens with one attached hydrogen (secondary N) is 1. The topological polar surface area (TPSA) is 71.1 Å². The van der Waals surface area contributed by atoms with Crippen LogP contribution < -0.4 is 5.43 Å². The van der Waals surface area contributed by atoms with Gasteiger partial charge in [0.2, 0.25) is 11.8 Å². The number of carbonyl (C=O) groups excluding carboxylic acids is 2. The summed E-state index contributed by atoms with van der Waals surface area (Å²) in [4.78, 5) is 26.6. The zero-order chi connectivity index (χ0) is 18.0. The van der Waals surface area contributed by atoms with Crippen LogP contribution in [0, 0.1) is 0 Å². The molecule has 3 aliphatic heterocycles. The van der Waals surface area contributed by atoms with E-state index < -0.39 is 5.79 Å². The highest BCUT2D eigenvalue weighted by Crippen LogP contribution is 2.31. The smallest absolute Gasteiger partial charge is 0.245 e. The Bertz CT molecular complexity index is 703. The van der Waals surface area contributed by atoms with Crippen molar-refractivity contribution in [1.82, 2.24) is 15.3 Å². The quantitative estimate of drug-likeness (QED) is 0.878. The molecule has 0 aliphatic carbocycles. The Morgan fingerprint density at radius 3 is 2.50 bits per heavy atom. The average Bonchev–Trinajstić information content (AvgIpc) is 3.13. The predicted octanol–water partition coefficient (Wildman–Crippen LogP) is 1.13. The summed E-state index contributed by atoms with van der Waals surface area (Å²) in [6.07, 6.45) is 3.50. The molecule has 0 bridgehead atoms. The zero-order valence-electron chi connectivity index (χ0n) is 14.6. The Kier molecular flexibility index (Phi) is 4.65. The molecule has 3 heterocycles. The van der Waals surface area contributed by atoms with Crippen LogP contribution in [0.15, 0.2) is 36.4 Å². The van der Waals surface area contributed by atoms with E-state index in [1.165, 1.54) is 5.01 Å². The van der Waals surface area contributed by atoms with E-state index in [9.17, 15) is 9.59 Å². The van der Waals surface area contributed by atoms with Gasteiger partial charge >= 0.3 is 0 Å². The first-order valence-electron chi connectivity index (χ1n) is 9.04. The van der Waals surface area contributed by atoms with Gasteiger partial charge in [-0.2, -0.15) is 0 Å². The van der Waals surface area contributed by atoms with Crippen molar-refractivity contribution in [2.45, 2.75) is 25.0 Å². The third kappa shape index (κ3) is 3.45. The molecular weight excluding hydrogens is 334 g/mol. The number of hydrogen-bond donors (Lipinski definition) is 1. The molecule has 1 aromatic carbocycles. The van der Waals surface area contributed by atoms with Crippen molar-refractivity contribution in [3.05, 3.63) is 42.0 Å². The lowest BCUT2D eigenvalue weighted by Gasteiger charge is -2.38. The zero-order valence-corrected chi connectivity index (χ0v) is 14.6. The highest BCUT2D eigenvalue weighted by atomic mass is 16.7. The molecule has 3 aliphatic rings. The second-order valence-electron chi connectivity index (χ2n) is 6.77. The standard InChI is InChI=1S/C19H23N3O4/c23-17-7-6-16(15-4-2-1-3-5-15)20-22(17)14-18(24)21-10-8-19(9-11-21)25-12-13-26-19/h1-6,20H,7-14H2. The van der Waals surface area contributed by atoms with Gasteiger partial charge in [0, 0.05) is 32.4 Å². The van der Waals surface area contributed by atoms with Gasteiger partial charge in [0.1, 0.15) is 6.54 Å². The fraction of sp³-hybridized carbons (Fsp3) is 0.474. The number of hydrazine groups is 1. The molecule has 1 spiro atoms. The number of carbonyl (C=O) groups is 2. The summed E-state index contributed by atoms with van der Waals surface area (Å²) in [6, 6.07) is 9.78. The van der Waals surface area contributed by atoms with E-state index in [0.717, 1.165) is 11.3 Å². The Labute approximate surface area is 152 Å². The molecule has 2 amide bonds. The second-order valence-corrected chi connectivity index (χ2v) is 6.77. The summed E-state index contributed by atoms with van der Waals surface area (Å²) < 4.78 is 11.4. The van der Waals surface area contributed by atoms with Crippen LogP contribution in [0.25, 0.3) is 5.70 Å². The summed E-state index contributed by atoms with van der Waals surface area (Å²) in [6.45, 7) is 2.44. The van der Waals surface area contributed by atoms with Gasteiger partial charge in [-0.25, -0.2) is 5.01 Å². The van der Waals surface area contributed by atoms with Crippen LogP contribution in [0.3, 0.4) is 0 Å². The molecule has 1 N–H and O–H groups in total. The van der Waals surface area contributed by atoms with Crippen molar-refractivity contribution in [1.29, 1.82) is 0 Å². The summed E-state index contributed by atoms with van der Waals surface area (Å²) in [7, 11) is 0. The number of hydrogen-bond acceptors (Lipinski definition) is 5. The normalized spacial score (nSPS) is 22.3. The molecule has 0 unspecified atom stereocenters. The van der Waals surface area contributed by atoms with Gasteiger partial charge in [0.15, 0.2) is 5.79 Å². The van der Waals surface area contributed by atoms with Gasteiger partial charge in [-0.15, -0.1) is 0 Å². The van der Waals surface area contributed by atoms with Gasteiger partial charge in [0.05, 0.1) is 18.9 Å². The number of rotatable bonds is 3. The van der Waals surface area contributed by atoms with Crippen LogP contribution in [-0.4, -0.2) is 60.4 Å². The van der Waals surface area contributed by atoms with Crippen LogP contribution in [0.2, 0.25) is 0 Å². The lowest BCUT2D eigenvalue weighted by Crippen LogP contribution is -2.53.